The Bertz CT molecular complexity index is 851. The average Bonchev–Trinajstić information content (AvgIpc) is 2.67. The molecular weight excluding hydrogens is 352 g/mol. The van der Waals surface area contributed by atoms with Crippen molar-refractivity contribution in [3.8, 4) is 0 Å². The summed E-state index contributed by atoms with van der Waals surface area (Å²) in [6, 6.07) is 8.71. The zero-order valence-corrected chi connectivity index (χ0v) is 17.2. The molecule has 7 nitrogen and oxygen atoms in total. The molecule has 150 valence electrons. The highest BCUT2D eigenvalue weighted by atomic mass is 16.1. The van der Waals surface area contributed by atoms with Crippen molar-refractivity contribution in [1.29, 1.82) is 0 Å². The largest absolute Gasteiger partial charge is 0.365 e. The summed E-state index contributed by atoms with van der Waals surface area (Å²) >= 11 is 0. The number of carbonyl (C=O) groups excluding carboxylic acids is 1. The van der Waals surface area contributed by atoms with Gasteiger partial charge in [0.15, 0.2) is 5.82 Å². The molecule has 1 aromatic carbocycles. The molecule has 0 saturated heterocycles. The number of carbonyl (C=O) groups is 1. The zero-order chi connectivity index (χ0) is 20.3. The number of nitrogens with two attached hydrogens (primary N) is 1. The molecule has 28 heavy (non-hydrogen) atoms. The van der Waals surface area contributed by atoms with Crippen LogP contribution in [0, 0.1) is 6.92 Å². The summed E-state index contributed by atoms with van der Waals surface area (Å²) in [4.78, 5) is 21.2. The predicted molar refractivity (Wildman–Crippen MR) is 114 cm³/mol. The lowest BCUT2D eigenvalue weighted by molar-refractivity contribution is 0.1000. The van der Waals surface area contributed by atoms with Crippen LogP contribution >= 0.6 is 0 Å². The van der Waals surface area contributed by atoms with Gasteiger partial charge in [-0.2, -0.15) is 9.97 Å². The third-order valence-electron chi connectivity index (χ3n) is 5.77. The summed E-state index contributed by atoms with van der Waals surface area (Å²) in [6.07, 6.45) is 6.25. The molecule has 4 N–H and O–H groups in total. The lowest BCUT2D eigenvalue weighted by atomic mass is 9.88. The van der Waals surface area contributed by atoms with E-state index in [4.69, 9.17) is 10.7 Å². The minimum absolute atomic E-state index is 0.291. The lowest BCUT2D eigenvalue weighted by Gasteiger charge is -2.42. The van der Waals surface area contributed by atoms with Gasteiger partial charge in [-0.3, -0.25) is 9.28 Å². The average molecular weight is 384 g/mol. The van der Waals surface area contributed by atoms with Gasteiger partial charge in [-0.1, -0.05) is 18.6 Å². The van der Waals surface area contributed by atoms with Gasteiger partial charge in [-0.15, -0.1) is 0 Å². The Morgan fingerprint density at radius 3 is 2.68 bits per heavy atom. The van der Waals surface area contributed by atoms with Crippen molar-refractivity contribution in [2.45, 2.75) is 44.7 Å². The van der Waals surface area contributed by atoms with Crippen LogP contribution in [0.15, 0.2) is 30.5 Å². The number of hydrogen-bond acceptors (Lipinski definition) is 5. The first-order valence-electron chi connectivity index (χ1n) is 9.85. The molecule has 1 fully saturated rings. The molecule has 1 saturated carbocycles. The van der Waals surface area contributed by atoms with Crippen molar-refractivity contribution in [1.82, 2.24) is 19.8 Å². The maximum Gasteiger partial charge on any atom is 0.330 e. The number of nitrogens with one attached hydrogen (secondary N) is 2. The lowest BCUT2D eigenvalue weighted by Crippen LogP contribution is -2.60. The molecule has 1 aromatic heterocycles. The molecule has 0 aliphatic heterocycles. The third-order valence-corrected chi connectivity index (χ3v) is 5.77. The van der Waals surface area contributed by atoms with Crippen molar-refractivity contribution in [3.05, 3.63) is 41.6 Å². The fraction of sp³-hybridized carbons (Fsp3) is 0.476. The maximum absolute atomic E-state index is 11.9. The highest BCUT2D eigenvalue weighted by molar-refractivity contribution is 5.98. The normalized spacial score (nSPS) is 20.0. The van der Waals surface area contributed by atoms with Crippen LogP contribution in [0.25, 0.3) is 0 Å². The number of quaternary nitrogens is 1. The Hall–Kier alpha value is -2.51. The molecule has 2 atom stereocenters. The summed E-state index contributed by atoms with van der Waals surface area (Å²) in [5, 5.41) is 6.72. The van der Waals surface area contributed by atoms with Crippen LogP contribution in [0.3, 0.4) is 0 Å². The number of rotatable bonds is 6. The van der Waals surface area contributed by atoms with Gasteiger partial charge in [-0.05, 0) is 44.5 Å². The molecule has 1 heterocycles. The number of amides is 1. The van der Waals surface area contributed by atoms with E-state index in [0.717, 1.165) is 24.1 Å². The molecule has 3 rings (SSSR count). The van der Waals surface area contributed by atoms with E-state index in [0.29, 0.717) is 33.9 Å². The van der Waals surface area contributed by atoms with Crippen LogP contribution in [0.2, 0.25) is 0 Å². The van der Waals surface area contributed by atoms with Crippen LogP contribution in [0.5, 0.6) is 0 Å². The third kappa shape index (κ3) is 4.15. The van der Waals surface area contributed by atoms with Gasteiger partial charge in [0.25, 0.3) is 5.91 Å². The molecule has 1 amide bonds. The van der Waals surface area contributed by atoms with E-state index in [2.05, 4.69) is 29.7 Å². The maximum atomic E-state index is 11.9. The SMILES string of the molecule is CNC1CCCCC1[N+](C)(C)c1ncc(C(N)=O)c(Nc2cccc(C)c2)n1. The smallest absolute Gasteiger partial charge is 0.330 e. The van der Waals surface area contributed by atoms with Crippen LogP contribution in [-0.4, -0.2) is 49.1 Å². The van der Waals surface area contributed by atoms with Gasteiger partial charge < -0.3 is 16.4 Å². The fourth-order valence-electron chi connectivity index (χ4n) is 4.15. The molecule has 2 unspecified atom stereocenters. The second-order valence-corrected chi connectivity index (χ2v) is 8.08. The first-order chi connectivity index (χ1) is 13.3. The van der Waals surface area contributed by atoms with Crippen molar-refractivity contribution in [3.63, 3.8) is 0 Å². The number of nitrogens with zero attached hydrogens (tertiary/aromatic N) is 3. The second-order valence-electron chi connectivity index (χ2n) is 8.08. The van der Waals surface area contributed by atoms with Crippen molar-refractivity contribution < 1.29 is 4.79 Å². The Kier molecular flexibility index (Phi) is 5.96. The number of anilines is 2. The number of aryl methyl sites for hydroxylation is 1. The van der Waals surface area contributed by atoms with E-state index in [1.54, 1.807) is 6.20 Å². The Balaban J connectivity index is 1.98. The summed E-state index contributed by atoms with van der Waals surface area (Å²) < 4.78 is 0.549. The highest BCUT2D eigenvalue weighted by Crippen LogP contribution is 2.31. The summed E-state index contributed by atoms with van der Waals surface area (Å²) in [7, 11) is 6.29. The topological polar surface area (TPSA) is 92.9 Å². The molecule has 0 bridgehead atoms. The highest BCUT2D eigenvalue weighted by Gasteiger charge is 2.40. The van der Waals surface area contributed by atoms with E-state index >= 15 is 0 Å². The number of aromatic nitrogens is 2. The monoisotopic (exact) mass is 383 g/mol. The van der Waals surface area contributed by atoms with Crippen molar-refractivity contribution in [2.24, 2.45) is 5.73 Å². The number of likely N-dealkylation sites (N-methyl/N-ethyl adjacent to an activating group) is 2. The van der Waals surface area contributed by atoms with Gasteiger partial charge in [0.1, 0.15) is 11.6 Å². The summed E-state index contributed by atoms with van der Waals surface area (Å²) in [6.45, 7) is 2.02. The first-order valence-corrected chi connectivity index (χ1v) is 9.85. The van der Waals surface area contributed by atoms with Crippen LogP contribution < -0.4 is 20.9 Å². The van der Waals surface area contributed by atoms with E-state index in [-0.39, 0.29) is 0 Å². The Morgan fingerprint density at radius 1 is 1.25 bits per heavy atom. The minimum atomic E-state index is -0.544. The predicted octanol–water partition coefficient (Wildman–Crippen LogP) is 2.73. The van der Waals surface area contributed by atoms with Gasteiger partial charge >= 0.3 is 5.95 Å². The van der Waals surface area contributed by atoms with Gasteiger partial charge in [0, 0.05) is 12.1 Å². The quantitative estimate of drug-likeness (QED) is 0.667. The van der Waals surface area contributed by atoms with Crippen molar-refractivity contribution >= 4 is 23.4 Å². The second kappa shape index (κ2) is 8.24. The van der Waals surface area contributed by atoms with Crippen LogP contribution in [-0.2, 0) is 0 Å². The summed E-state index contributed by atoms with van der Waals surface area (Å²) in [5.41, 5.74) is 7.84. The molecule has 0 radical (unpaired) electrons. The van der Waals surface area contributed by atoms with Gasteiger partial charge in [0.05, 0.1) is 26.3 Å². The molecule has 7 heteroatoms. The van der Waals surface area contributed by atoms with Crippen molar-refractivity contribution in [2.75, 3.05) is 26.5 Å². The fourth-order valence-corrected chi connectivity index (χ4v) is 4.15. The Morgan fingerprint density at radius 2 is 2.00 bits per heavy atom. The minimum Gasteiger partial charge on any atom is -0.365 e. The first kappa shape index (κ1) is 20.2. The van der Waals surface area contributed by atoms with E-state index in [9.17, 15) is 4.79 Å². The van der Waals surface area contributed by atoms with Gasteiger partial charge in [-0.25, -0.2) is 0 Å². The molecule has 0 spiro atoms. The molecule has 1 aliphatic rings. The van der Waals surface area contributed by atoms with E-state index < -0.39 is 5.91 Å². The molecule has 2 aromatic rings. The standard InChI is InChI=1S/C21H30N6O/c1-14-8-7-9-15(12-14)25-20-16(19(22)28)13-24-21(26-20)27(3,4)18-11-6-5-10-17(18)23-2/h7-9,12-13,17-18,23H,5-6,10-11H2,1-4H3,(H2-,22,24,25,26,28)/p+1. The van der Waals surface area contributed by atoms with Crippen LogP contribution in [0.1, 0.15) is 41.6 Å². The van der Waals surface area contributed by atoms with E-state index in [1.807, 2.05) is 38.2 Å². The van der Waals surface area contributed by atoms with Gasteiger partial charge in [0.2, 0.25) is 0 Å². The summed E-state index contributed by atoms with van der Waals surface area (Å²) in [5.74, 6) is 0.580. The molecular formula is C21H31N6O+. The zero-order valence-electron chi connectivity index (χ0n) is 17.2. The van der Waals surface area contributed by atoms with E-state index in [1.165, 1.54) is 12.8 Å². The molecule has 1 aliphatic carbocycles. The Labute approximate surface area is 167 Å². The number of benzene rings is 1. The number of primary amides is 1. The van der Waals surface area contributed by atoms with Crippen LogP contribution in [0.4, 0.5) is 17.5 Å². The number of hydrogen-bond donors (Lipinski definition) is 3.